The van der Waals surface area contributed by atoms with E-state index in [-0.39, 0.29) is 6.42 Å². The Morgan fingerprint density at radius 2 is 1.83 bits per heavy atom. The molecular formula is C21H19ClF3N3O2. The van der Waals surface area contributed by atoms with Crippen molar-refractivity contribution < 1.29 is 22.6 Å². The lowest BCUT2D eigenvalue weighted by molar-refractivity contribution is -0.173. The molecule has 5 nitrogen and oxygen atoms in total. The van der Waals surface area contributed by atoms with Crippen LogP contribution >= 0.6 is 11.6 Å². The SMILES string of the molecule is COc1ccc([C@@H]2C[C@H](C(F)(F)F)n3nc(-c4cccc(Cl)c4)cc3N2)cc1OC. The van der Waals surface area contributed by atoms with Crippen molar-refractivity contribution in [1.29, 1.82) is 0 Å². The summed E-state index contributed by atoms with van der Waals surface area (Å²) in [6, 6.07) is 11.2. The summed E-state index contributed by atoms with van der Waals surface area (Å²) in [4.78, 5) is 0. The number of ether oxygens (including phenoxy) is 2. The molecule has 0 unspecified atom stereocenters. The van der Waals surface area contributed by atoms with E-state index in [4.69, 9.17) is 21.1 Å². The molecule has 1 aromatic heterocycles. The molecule has 158 valence electrons. The average molecular weight is 438 g/mol. The molecule has 0 saturated heterocycles. The standard InChI is InChI=1S/C21H19ClF3N3O2/c1-29-17-7-6-13(9-18(17)30-2)15-10-19(21(23,24)25)28-20(26-15)11-16(27-28)12-4-3-5-14(22)8-12/h3-9,11,15,19,26H,10H2,1-2H3/t15-,19+/m0/s1. The fourth-order valence-electron chi connectivity index (χ4n) is 3.65. The number of alkyl halides is 3. The van der Waals surface area contributed by atoms with Crippen LogP contribution in [0.2, 0.25) is 5.02 Å². The van der Waals surface area contributed by atoms with Gasteiger partial charge in [0.25, 0.3) is 0 Å². The predicted molar refractivity (Wildman–Crippen MR) is 108 cm³/mol. The zero-order valence-corrected chi connectivity index (χ0v) is 17.0. The highest BCUT2D eigenvalue weighted by atomic mass is 35.5. The molecule has 0 bridgehead atoms. The summed E-state index contributed by atoms with van der Waals surface area (Å²) in [7, 11) is 2.99. The van der Waals surface area contributed by atoms with Crippen LogP contribution in [0.25, 0.3) is 11.3 Å². The van der Waals surface area contributed by atoms with E-state index in [1.165, 1.54) is 14.2 Å². The van der Waals surface area contributed by atoms with Gasteiger partial charge in [-0.3, -0.25) is 0 Å². The third kappa shape index (κ3) is 3.79. The maximum Gasteiger partial charge on any atom is 0.410 e. The van der Waals surface area contributed by atoms with Gasteiger partial charge in [-0.15, -0.1) is 0 Å². The van der Waals surface area contributed by atoms with Crippen LogP contribution in [0.3, 0.4) is 0 Å². The van der Waals surface area contributed by atoms with Gasteiger partial charge in [0.2, 0.25) is 0 Å². The quantitative estimate of drug-likeness (QED) is 0.553. The van der Waals surface area contributed by atoms with Gasteiger partial charge in [0.05, 0.1) is 26.0 Å². The van der Waals surface area contributed by atoms with Crippen LogP contribution in [0, 0.1) is 0 Å². The van der Waals surface area contributed by atoms with E-state index in [9.17, 15) is 13.2 Å². The van der Waals surface area contributed by atoms with Crippen LogP contribution in [0.4, 0.5) is 19.0 Å². The van der Waals surface area contributed by atoms with Crippen molar-refractivity contribution in [3.05, 3.63) is 59.1 Å². The summed E-state index contributed by atoms with van der Waals surface area (Å²) in [5, 5.41) is 7.90. The second kappa shape index (κ2) is 7.75. The zero-order valence-electron chi connectivity index (χ0n) is 16.2. The minimum atomic E-state index is -4.46. The maximum atomic E-state index is 13.9. The van der Waals surface area contributed by atoms with Gasteiger partial charge < -0.3 is 14.8 Å². The number of halogens is 4. The van der Waals surface area contributed by atoms with Gasteiger partial charge in [0.15, 0.2) is 17.5 Å². The molecule has 0 saturated carbocycles. The van der Waals surface area contributed by atoms with Gasteiger partial charge in [0, 0.05) is 23.1 Å². The topological polar surface area (TPSA) is 48.3 Å². The molecule has 0 spiro atoms. The summed E-state index contributed by atoms with van der Waals surface area (Å²) in [6.45, 7) is 0. The monoisotopic (exact) mass is 437 g/mol. The van der Waals surface area contributed by atoms with Gasteiger partial charge in [-0.25, -0.2) is 4.68 Å². The van der Waals surface area contributed by atoms with E-state index in [1.807, 2.05) is 0 Å². The largest absolute Gasteiger partial charge is 0.493 e. The van der Waals surface area contributed by atoms with Crippen LogP contribution in [-0.2, 0) is 0 Å². The number of rotatable bonds is 4. The molecule has 0 aliphatic carbocycles. The summed E-state index contributed by atoms with van der Waals surface area (Å²) < 4.78 is 53.2. The Balaban J connectivity index is 1.74. The minimum Gasteiger partial charge on any atom is -0.493 e. The number of hydrogen-bond acceptors (Lipinski definition) is 4. The Hall–Kier alpha value is -2.87. The molecule has 30 heavy (non-hydrogen) atoms. The summed E-state index contributed by atoms with van der Waals surface area (Å²) in [5.41, 5.74) is 1.73. The maximum absolute atomic E-state index is 13.9. The van der Waals surface area contributed by atoms with E-state index in [1.54, 1.807) is 48.5 Å². The molecule has 0 fully saturated rings. The summed E-state index contributed by atoms with van der Waals surface area (Å²) in [6.07, 6.45) is -4.66. The van der Waals surface area contributed by atoms with E-state index in [0.717, 1.165) is 4.68 Å². The molecule has 9 heteroatoms. The molecule has 2 aromatic carbocycles. The van der Waals surface area contributed by atoms with Crippen molar-refractivity contribution in [3.63, 3.8) is 0 Å². The second-order valence-electron chi connectivity index (χ2n) is 6.97. The Labute approximate surface area is 176 Å². The van der Waals surface area contributed by atoms with Gasteiger partial charge in [-0.1, -0.05) is 29.8 Å². The van der Waals surface area contributed by atoms with Crippen LogP contribution in [-0.4, -0.2) is 30.2 Å². The van der Waals surface area contributed by atoms with Crippen LogP contribution in [0.15, 0.2) is 48.5 Å². The number of hydrogen-bond donors (Lipinski definition) is 1. The molecule has 4 rings (SSSR count). The summed E-state index contributed by atoms with van der Waals surface area (Å²) in [5.74, 6) is 1.26. The van der Waals surface area contributed by atoms with Crippen molar-refractivity contribution in [2.45, 2.75) is 24.7 Å². The number of aromatic nitrogens is 2. The normalized spacial score (nSPS) is 18.5. The highest BCUT2D eigenvalue weighted by Gasteiger charge is 2.46. The molecule has 0 radical (unpaired) electrons. The number of nitrogens with one attached hydrogen (secondary N) is 1. The zero-order chi connectivity index (χ0) is 21.5. The molecular weight excluding hydrogens is 419 g/mol. The van der Waals surface area contributed by atoms with Crippen molar-refractivity contribution >= 4 is 17.4 Å². The van der Waals surface area contributed by atoms with Crippen LogP contribution in [0.5, 0.6) is 11.5 Å². The Morgan fingerprint density at radius 3 is 2.50 bits per heavy atom. The fraction of sp³-hybridized carbons (Fsp3) is 0.286. The molecule has 0 amide bonds. The molecule has 1 aliphatic heterocycles. The van der Waals surface area contributed by atoms with Crippen molar-refractivity contribution in [3.8, 4) is 22.8 Å². The molecule has 2 heterocycles. The fourth-order valence-corrected chi connectivity index (χ4v) is 3.84. The smallest absolute Gasteiger partial charge is 0.410 e. The summed E-state index contributed by atoms with van der Waals surface area (Å²) >= 11 is 6.03. The molecule has 1 aliphatic rings. The van der Waals surface area contributed by atoms with Gasteiger partial charge in [0.1, 0.15) is 5.82 Å². The van der Waals surface area contributed by atoms with E-state index in [0.29, 0.717) is 39.2 Å². The average Bonchev–Trinajstić information content (AvgIpc) is 3.16. The first kappa shape index (κ1) is 20.4. The van der Waals surface area contributed by atoms with Crippen LogP contribution in [0.1, 0.15) is 24.1 Å². The third-order valence-corrected chi connectivity index (χ3v) is 5.36. The first-order chi connectivity index (χ1) is 14.3. The van der Waals surface area contributed by atoms with Gasteiger partial charge in [-0.2, -0.15) is 18.3 Å². The van der Waals surface area contributed by atoms with Crippen LogP contribution < -0.4 is 14.8 Å². The highest BCUT2D eigenvalue weighted by molar-refractivity contribution is 6.30. The van der Waals surface area contributed by atoms with E-state index < -0.39 is 18.3 Å². The highest BCUT2D eigenvalue weighted by Crippen LogP contribution is 2.45. The molecule has 2 atom stereocenters. The van der Waals surface area contributed by atoms with Crippen molar-refractivity contribution in [1.82, 2.24) is 9.78 Å². The third-order valence-electron chi connectivity index (χ3n) is 5.12. The van der Waals surface area contributed by atoms with Gasteiger partial charge >= 0.3 is 6.18 Å². The predicted octanol–water partition coefficient (Wildman–Crippen LogP) is 5.88. The van der Waals surface area contributed by atoms with Crippen molar-refractivity contribution in [2.75, 3.05) is 19.5 Å². The number of fused-ring (bicyclic) bond motifs is 1. The Kier molecular flexibility index (Phi) is 5.27. The van der Waals surface area contributed by atoms with Crippen molar-refractivity contribution in [2.24, 2.45) is 0 Å². The van der Waals surface area contributed by atoms with Gasteiger partial charge in [-0.05, 0) is 29.8 Å². The molecule has 1 N–H and O–H groups in total. The number of methoxy groups -OCH3 is 2. The lowest BCUT2D eigenvalue weighted by Gasteiger charge is -2.33. The lowest BCUT2D eigenvalue weighted by Crippen LogP contribution is -2.35. The Bertz CT molecular complexity index is 1070. The first-order valence-electron chi connectivity index (χ1n) is 9.21. The second-order valence-corrected chi connectivity index (χ2v) is 7.41. The van der Waals surface area contributed by atoms with E-state index >= 15 is 0 Å². The number of anilines is 1. The number of nitrogens with zero attached hydrogens (tertiary/aromatic N) is 2. The first-order valence-corrected chi connectivity index (χ1v) is 9.58. The number of benzene rings is 2. The Morgan fingerprint density at radius 1 is 1.07 bits per heavy atom. The lowest BCUT2D eigenvalue weighted by atomic mass is 9.96. The minimum absolute atomic E-state index is 0.206. The van der Waals surface area contributed by atoms with E-state index in [2.05, 4.69) is 10.4 Å². The molecule has 3 aromatic rings.